The van der Waals surface area contributed by atoms with Crippen molar-refractivity contribution in [3.63, 3.8) is 0 Å². The molecule has 0 unspecified atom stereocenters. The Morgan fingerprint density at radius 1 is 1.19 bits per heavy atom. The molecule has 0 heterocycles. The lowest BCUT2D eigenvalue weighted by atomic mass is 10.2. The van der Waals surface area contributed by atoms with Crippen molar-refractivity contribution in [2.75, 3.05) is 24.5 Å². The molecule has 0 aliphatic carbocycles. The second-order valence-corrected chi connectivity index (χ2v) is 7.98. The maximum atomic E-state index is 12.7. The fourth-order valence-corrected chi connectivity index (χ4v) is 3.97. The first-order chi connectivity index (χ1) is 12.8. The number of aryl methyl sites for hydroxylation is 1. The average Bonchev–Trinajstić information content (AvgIpc) is 2.61. The van der Waals surface area contributed by atoms with Crippen LogP contribution in [0.3, 0.4) is 0 Å². The Kier molecular flexibility index (Phi) is 7.65. The Morgan fingerprint density at radius 3 is 2.67 bits per heavy atom. The van der Waals surface area contributed by atoms with Gasteiger partial charge in [0.05, 0.1) is 5.02 Å². The molecule has 27 heavy (non-hydrogen) atoms. The molecule has 8 heteroatoms. The van der Waals surface area contributed by atoms with E-state index in [-0.39, 0.29) is 21.4 Å². The molecule has 0 spiro atoms. The maximum Gasteiger partial charge on any atom is 0.263 e. The van der Waals surface area contributed by atoms with Gasteiger partial charge in [0.15, 0.2) is 0 Å². The lowest BCUT2D eigenvalue weighted by Gasteiger charge is -2.12. The molecule has 6 nitrogen and oxygen atoms in total. The topological polar surface area (TPSA) is 84.5 Å². The minimum atomic E-state index is -3.93. The minimum absolute atomic E-state index is 0.0445. The predicted octanol–water partition coefficient (Wildman–Crippen LogP) is 3.61. The van der Waals surface area contributed by atoms with E-state index < -0.39 is 10.0 Å². The highest BCUT2D eigenvalue weighted by Gasteiger charge is 2.20. The Bertz CT molecular complexity index is 900. The fourth-order valence-electron chi connectivity index (χ4n) is 2.39. The summed E-state index contributed by atoms with van der Waals surface area (Å²) in [4.78, 5) is 12.1. The molecular formula is C19H23ClN2O4S. The number of hydrogen-bond donors (Lipinski definition) is 2. The molecule has 0 bridgehead atoms. The Hall–Kier alpha value is -2.09. The number of ether oxygens (including phenoxy) is 1. The highest BCUT2D eigenvalue weighted by molar-refractivity contribution is 7.92. The van der Waals surface area contributed by atoms with Crippen LogP contribution < -0.4 is 10.0 Å². The van der Waals surface area contributed by atoms with Crippen molar-refractivity contribution < 1.29 is 17.9 Å². The molecule has 2 aromatic rings. The van der Waals surface area contributed by atoms with Gasteiger partial charge in [-0.05, 0) is 56.2 Å². The van der Waals surface area contributed by atoms with E-state index in [4.69, 9.17) is 16.3 Å². The van der Waals surface area contributed by atoms with Crippen LogP contribution in [0.15, 0.2) is 47.4 Å². The molecule has 0 aliphatic heterocycles. The fraction of sp³-hybridized carbons (Fsp3) is 0.316. The van der Waals surface area contributed by atoms with Gasteiger partial charge >= 0.3 is 0 Å². The quantitative estimate of drug-likeness (QED) is 0.618. The van der Waals surface area contributed by atoms with Crippen LogP contribution in [0.5, 0.6) is 0 Å². The number of nitrogens with one attached hydrogen (secondary N) is 2. The van der Waals surface area contributed by atoms with Crippen LogP contribution >= 0.6 is 11.6 Å². The number of halogens is 1. The molecule has 146 valence electrons. The van der Waals surface area contributed by atoms with E-state index >= 15 is 0 Å². The third-order valence-electron chi connectivity index (χ3n) is 3.71. The third kappa shape index (κ3) is 6.23. The molecule has 0 aromatic heterocycles. The SMILES string of the molecule is CCOCCCNC(=O)c1ccc(Cl)c(S(=O)(=O)Nc2cccc(C)c2)c1. The van der Waals surface area contributed by atoms with Crippen molar-refractivity contribution in [1.82, 2.24) is 5.32 Å². The lowest BCUT2D eigenvalue weighted by molar-refractivity contribution is 0.0944. The monoisotopic (exact) mass is 410 g/mol. The van der Waals surface area contributed by atoms with Crippen LogP contribution in [0.2, 0.25) is 5.02 Å². The molecule has 0 atom stereocenters. The van der Waals surface area contributed by atoms with Crippen LogP contribution in [0.25, 0.3) is 0 Å². The van der Waals surface area contributed by atoms with Gasteiger partial charge in [-0.2, -0.15) is 0 Å². The van der Waals surface area contributed by atoms with Gasteiger partial charge in [0.1, 0.15) is 4.90 Å². The zero-order valence-electron chi connectivity index (χ0n) is 15.3. The summed E-state index contributed by atoms with van der Waals surface area (Å²) in [5.74, 6) is -0.366. The first kappa shape index (κ1) is 21.2. The van der Waals surface area contributed by atoms with Crippen molar-refractivity contribution in [3.8, 4) is 0 Å². The summed E-state index contributed by atoms with van der Waals surface area (Å²) >= 11 is 6.08. The number of amides is 1. The predicted molar refractivity (Wildman–Crippen MR) is 107 cm³/mol. The van der Waals surface area contributed by atoms with Gasteiger partial charge in [-0.15, -0.1) is 0 Å². The second-order valence-electron chi connectivity index (χ2n) is 5.93. The molecule has 1 amide bonds. The highest BCUT2D eigenvalue weighted by Crippen LogP contribution is 2.25. The van der Waals surface area contributed by atoms with Crippen molar-refractivity contribution in [1.29, 1.82) is 0 Å². The summed E-state index contributed by atoms with van der Waals surface area (Å²) in [6, 6.07) is 11.1. The molecule has 2 rings (SSSR count). The van der Waals surface area contributed by atoms with Crippen LogP contribution in [-0.4, -0.2) is 34.1 Å². The van der Waals surface area contributed by atoms with Gasteiger partial charge < -0.3 is 10.1 Å². The van der Waals surface area contributed by atoms with Gasteiger partial charge in [0, 0.05) is 31.0 Å². The normalized spacial score (nSPS) is 11.2. The summed E-state index contributed by atoms with van der Waals surface area (Å²) in [6.07, 6.45) is 0.674. The van der Waals surface area contributed by atoms with Crippen molar-refractivity contribution in [3.05, 3.63) is 58.6 Å². The molecule has 0 aliphatic rings. The van der Waals surface area contributed by atoms with Gasteiger partial charge in [-0.3, -0.25) is 9.52 Å². The van der Waals surface area contributed by atoms with E-state index in [9.17, 15) is 13.2 Å². The second kappa shape index (κ2) is 9.73. The zero-order chi connectivity index (χ0) is 19.9. The van der Waals surface area contributed by atoms with Gasteiger partial charge in [0.2, 0.25) is 0 Å². The molecule has 0 saturated heterocycles. The van der Waals surface area contributed by atoms with Crippen LogP contribution in [0, 0.1) is 6.92 Å². The van der Waals surface area contributed by atoms with Gasteiger partial charge in [-0.25, -0.2) is 8.42 Å². The number of benzene rings is 2. The van der Waals surface area contributed by atoms with E-state index in [1.54, 1.807) is 18.2 Å². The summed E-state index contributed by atoms with van der Waals surface area (Å²) in [7, 11) is -3.93. The molecule has 2 aromatic carbocycles. The number of carbonyl (C=O) groups excluding carboxylic acids is 1. The van der Waals surface area contributed by atoms with E-state index in [1.807, 2.05) is 19.9 Å². The van der Waals surface area contributed by atoms with E-state index in [0.717, 1.165) is 5.56 Å². The molecule has 0 saturated carbocycles. The van der Waals surface area contributed by atoms with E-state index in [0.29, 0.717) is 31.9 Å². The Morgan fingerprint density at radius 2 is 1.96 bits per heavy atom. The maximum absolute atomic E-state index is 12.7. The number of rotatable bonds is 9. The van der Waals surface area contributed by atoms with E-state index in [2.05, 4.69) is 10.0 Å². The van der Waals surface area contributed by atoms with Crippen LogP contribution in [-0.2, 0) is 14.8 Å². The van der Waals surface area contributed by atoms with Crippen LogP contribution in [0.1, 0.15) is 29.3 Å². The smallest absolute Gasteiger partial charge is 0.263 e. The van der Waals surface area contributed by atoms with Gasteiger partial charge in [0.25, 0.3) is 15.9 Å². The van der Waals surface area contributed by atoms with Crippen molar-refractivity contribution in [2.45, 2.75) is 25.2 Å². The molecular weight excluding hydrogens is 388 g/mol. The lowest BCUT2D eigenvalue weighted by Crippen LogP contribution is -2.25. The first-order valence-electron chi connectivity index (χ1n) is 8.58. The first-order valence-corrected chi connectivity index (χ1v) is 10.4. The number of anilines is 1. The van der Waals surface area contributed by atoms with Gasteiger partial charge in [-0.1, -0.05) is 23.7 Å². The van der Waals surface area contributed by atoms with Crippen molar-refractivity contribution >= 4 is 33.2 Å². The molecule has 0 radical (unpaired) electrons. The Labute approximate surface area is 164 Å². The summed E-state index contributed by atoms with van der Waals surface area (Å²) < 4.78 is 33.1. The summed E-state index contributed by atoms with van der Waals surface area (Å²) in [5.41, 5.74) is 1.57. The van der Waals surface area contributed by atoms with Crippen LogP contribution in [0.4, 0.5) is 5.69 Å². The number of sulfonamides is 1. The standard InChI is InChI=1S/C19H23ClN2O4S/c1-3-26-11-5-10-21-19(23)15-8-9-17(20)18(13-15)27(24,25)22-16-7-4-6-14(2)12-16/h4,6-9,12-13,22H,3,5,10-11H2,1-2H3,(H,21,23). The number of hydrogen-bond acceptors (Lipinski definition) is 4. The van der Waals surface area contributed by atoms with E-state index in [1.165, 1.54) is 18.2 Å². The molecule has 0 fully saturated rings. The number of carbonyl (C=O) groups is 1. The summed E-state index contributed by atoms with van der Waals surface area (Å²) in [6.45, 7) is 5.38. The third-order valence-corrected chi connectivity index (χ3v) is 5.57. The largest absolute Gasteiger partial charge is 0.382 e. The zero-order valence-corrected chi connectivity index (χ0v) is 16.9. The average molecular weight is 411 g/mol. The van der Waals surface area contributed by atoms with Crippen molar-refractivity contribution in [2.24, 2.45) is 0 Å². The minimum Gasteiger partial charge on any atom is -0.382 e. The Balaban J connectivity index is 2.14. The summed E-state index contributed by atoms with van der Waals surface area (Å²) in [5, 5.41) is 2.78. The molecule has 2 N–H and O–H groups in total. The highest BCUT2D eigenvalue weighted by atomic mass is 35.5.